The fourth-order valence-corrected chi connectivity index (χ4v) is 2.40. The number of carbonyl (C=O) groups is 2. The van der Waals surface area contributed by atoms with Gasteiger partial charge in [0.05, 0.1) is 12.2 Å². The maximum absolute atomic E-state index is 13.8. The number of amides is 2. The Morgan fingerprint density at radius 2 is 1.83 bits per heavy atom. The number of halogens is 4. The lowest BCUT2D eigenvalue weighted by molar-refractivity contribution is -0.128. The lowest BCUT2D eigenvalue weighted by Crippen LogP contribution is -2.37. The van der Waals surface area contributed by atoms with Gasteiger partial charge in [-0.25, -0.2) is 17.6 Å². The second kappa shape index (κ2) is 6.76. The number of hydrogen-bond donors (Lipinski definition) is 0. The molecule has 1 saturated heterocycles. The molecule has 1 atom stereocenters. The van der Waals surface area contributed by atoms with Crippen LogP contribution in [0, 0.1) is 23.3 Å². The summed E-state index contributed by atoms with van der Waals surface area (Å²) in [6, 6.07) is -0.606. The van der Waals surface area contributed by atoms with Crippen LogP contribution < -0.4 is 0 Å². The maximum Gasteiger partial charge on any atom is 0.259 e. The third-order valence-corrected chi connectivity index (χ3v) is 3.87. The quantitative estimate of drug-likeness (QED) is 0.470. The van der Waals surface area contributed by atoms with Crippen LogP contribution in [0.4, 0.5) is 17.6 Å². The van der Waals surface area contributed by atoms with E-state index in [4.69, 9.17) is 0 Å². The van der Waals surface area contributed by atoms with Gasteiger partial charge in [0.2, 0.25) is 5.91 Å². The molecule has 0 radical (unpaired) electrons. The van der Waals surface area contributed by atoms with Crippen LogP contribution >= 0.6 is 0 Å². The summed E-state index contributed by atoms with van der Waals surface area (Å²) in [7, 11) is 3.62. The van der Waals surface area contributed by atoms with Gasteiger partial charge in [0.15, 0.2) is 23.3 Å². The fraction of sp³-hybridized carbons (Fsp3) is 0.467. The molecule has 1 aromatic carbocycles. The highest BCUT2D eigenvalue weighted by molar-refractivity contribution is 5.99. The summed E-state index contributed by atoms with van der Waals surface area (Å²) < 4.78 is 53.4. The van der Waals surface area contributed by atoms with Gasteiger partial charge >= 0.3 is 0 Å². The zero-order valence-electron chi connectivity index (χ0n) is 13.4. The highest BCUT2D eigenvalue weighted by Gasteiger charge is 2.39. The van der Waals surface area contributed by atoms with Crippen molar-refractivity contribution in [2.45, 2.75) is 13.0 Å². The minimum atomic E-state index is -2.05. The topological polar surface area (TPSA) is 43.9 Å². The first-order chi connectivity index (χ1) is 11.1. The van der Waals surface area contributed by atoms with Gasteiger partial charge in [-0.3, -0.25) is 9.59 Å². The molecule has 1 aromatic rings. The van der Waals surface area contributed by atoms with Crippen LogP contribution in [0.1, 0.15) is 17.3 Å². The van der Waals surface area contributed by atoms with Crippen molar-refractivity contribution in [2.24, 2.45) is 0 Å². The third kappa shape index (κ3) is 3.21. The Balaban J connectivity index is 2.26. The Bertz CT molecular complexity index is 681. The molecule has 132 valence electrons. The summed E-state index contributed by atoms with van der Waals surface area (Å²) in [6.45, 7) is 2.19. The highest BCUT2D eigenvalue weighted by atomic mass is 19.2. The van der Waals surface area contributed by atoms with Crippen molar-refractivity contribution in [2.75, 3.05) is 33.9 Å². The molecular formula is C15H17F4N3O2. The molecule has 0 spiro atoms. The van der Waals surface area contributed by atoms with Gasteiger partial charge in [-0.05, 0) is 27.1 Å². The Morgan fingerprint density at radius 3 is 2.42 bits per heavy atom. The molecule has 5 nitrogen and oxygen atoms in total. The van der Waals surface area contributed by atoms with Crippen LogP contribution in [0.5, 0.6) is 0 Å². The molecule has 0 N–H and O–H groups in total. The second-order valence-electron chi connectivity index (χ2n) is 5.85. The second-order valence-corrected chi connectivity index (χ2v) is 5.85. The van der Waals surface area contributed by atoms with E-state index in [0.717, 1.165) is 4.90 Å². The molecule has 0 bridgehead atoms. The van der Waals surface area contributed by atoms with Crippen molar-refractivity contribution in [3.8, 4) is 0 Å². The smallest absolute Gasteiger partial charge is 0.259 e. The summed E-state index contributed by atoms with van der Waals surface area (Å²) in [5.74, 6) is -8.90. The highest BCUT2D eigenvalue weighted by Crippen LogP contribution is 2.23. The normalized spacial score (nSPS) is 18.0. The summed E-state index contributed by atoms with van der Waals surface area (Å²) >= 11 is 0. The van der Waals surface area contributed by atoms with Crippen molar-refractivity contribution in [1.29, 1.82) is 0 Å². The van der Waals surface area contributed by atoms with Gasteiger partial charge in [0.1, 0.15) is 6.04 Å². The molecule has 0 aliphatic carbocycles. The van der Waals surface area contributed by atoms with Gasteiger partial charge in [0, 0.05) is 13.1 Å². The minimum absolute atomic E-state index is 0.132. The first-order valence-corrected chi connectivity index (χ1v) is 7.22. The lowest BCUT2D eigenvalue weighted by Gasteiger charge is -2.21. The van der Waals surface area contributed by atoms with Crippen molar-refractivity contribution in [1.82, 2.24) is 14.7 Å². The predicted octanol–water partition coefficient (Wildman–Crippen LogP) is 1.44. The van der Waals surface area contributed by atoms with Crippen LogP contribution in [-0.4, -0.2) is 66.4 Å². The SMILES string of the molecule is CC1C(=O)N(CCN(C)C)CN1C(=O)c1cc(F)c(F)c(F)c1F. The van der Waals surface area contributed by atoms with E-state index in [1.807, 2.05) is 19.0 Å². The van der Waals surface area contributed by atoms with E-state index in [2.05, 4.69) is 0 Å². The zero-order valence-corrected chi connectivity index (χ0v) is 13.4. The van der Waals surface area contributed by atoms with Crippen LogP contribution in [0.25, 0.3) is 0 Å². The monoisotopic (exact) mass is 347 g/mol. The molecule has 1 aliphatic rings. The summed E-state index contributed by atoms with van der Waals surface area (Å²) in [4.78, 5) is 28.7. The van der Waals surface area contributed by atoms with Gasteiger partial charge < -0.3 is 14.7 Å². The molecule has 1 unspecified atom stereocenters. The third-order valence-electron chi connectivity index (χ3n) is 3.87. The van der Waals surface area contributed by atoms with E-state index in [1.54, 1.807) is 0 Å². The minimum Gasteiger partial charge on any atom is -0.322 e. The Morgan fingerprint density at radius 1 is 1.21 bits per heavy atom. The molecule has 9 heteroatoms. The zero-order chi connectivity index (χ0) is 18.2. The molecule has 1 fully saturated rings. The molecule has 2 amide bonds. The largest absolute Gasteiger partial charge is 0.322 e. The average molecular weight is 347 g/mol. The van der Waals surface area contributed by atoms with Crippen LogP contribution in [0.3, 0.4) is 0 Å². The van der Waals surface area contributed by atoms with E-state index < -0.39 is 40.8 Å². The lowest BCUT2D eigenvalue weighted by atomic mass is 10.1. The van der Waals surface area contributed by atoms with Gasteiger partial charge in [-0.2, -0.15) is 0 Å². The van der Waals surface area contributed by atoms with Crippen molar-refractivity contribution in [3.05, 3.63) is 34.9 Å². The number of benzene rings is 1. The van der Waals surface area contributed by atoms with E-state index >= 15 is 0 Å². The number of nitrogens with zero attached hydrogens (tertiary/aromatic N) is 3. The summed E-state index contributed by atoms with van der Waals surface area (Å²) in [5.41, 5.74) is -0.944. The van der Waals surface area contributed by atoms with Gasteiger partial charge in [0.25, 0.3) is 5.91 Å². The van der Waals surface area contributed by atoms with Crippen molar-refractivity contribution >= 4 is 11.8 Å². The first-order valence-electron chi connectivity index (χ1n) is 7.22. The molecule has 1 aliphatic heterocycles. The average Bonchev–Trinajstić information content (AvgIpc) is 2.81. The summed E-state index contributed by atoms with van der Waals surface area (Å²) in [5, 5.41) is 0. The molecule has 0 aromatic heterocycles. The number of rotatable bonds is 4. The number of hydrogen-bond acceptors (Lipinski definition) is 3. The Kier molecular flexibility index (Phi) is 5.12. The van der Waals surface area contributed by atoms with E-state index in [-0.39, 0.29) is 12.6 Å². The van der Waals surface area contributed by atoms with Gasteiger partial charge in [-0.1, -0.05) is 0 Å². The predicted molar refractivity (Wildman–Crippen MR) is 77.0 cm³/mol. The molecule has 1 heterocycles. The van der Waals surface area contributed by atoms with E-state index in [0.29, 0.717) is 19.2 Å². The summed E-state index contributed by atoms with van der Waals surface area (Å²) in [6.07, 6.45) is 0. The molecule has 2 rings (SSSR count). The number of likely N-dealkylation sites (N-methyl/N-ethyl adjacent to an activating group) is 1. The maximum atomic E-state index is 13.8. The van der Waals surface area contributed by atoms with Crippen LogP contribution in [0.2, 0.25) is 0 Å². The van der Waals surface area contributed by atoms with Gasteiger partial charge in [-0.15, -0.1) is 0 Å². The Hall–Kier alpha value is -2.16. The van der Waals surface area contributed by atoms with Crippen molar-refractivity contribution in [3.63, 3.8) is 0 Å². The Labute approximate surface area is 136 Å². The standard InChI is InChI=1S/C15H17F4N3O2/c1-8-14(23)21(5-4-20(2)3)7-22(8)15(24)9-6-10(16)12(18)13(19)11(9)17/h6,8H,4-5,7H2,1-3H3. The molecule has 24 heavy (non-hydrogen) atoms. The van der Waals surface area contributed by atoms with E-state index in [9.17, 15) is 27.2 Å². The van der Waals surface area contributed by atoms with Crippen LogP contribution in [-0.2, 0) is 4.79 Å². The van der Waals surface area contributed by atoms with Crippen molar-refractivity contribution < 1.29 is 27.2 Å². The fourth-order valence-electron chi connectivity index (χ4n) is 2.40. The molecule has 0 saturated carbocycles. The molecular weight excluding hydrogens is 330 g/mol. The van der Waals surface area contributed by atoms with Crippen LogP contribution in [0.15, 0.2) is 6.07 Å². The first kappa shape index (κ1) is 18.2. The number of carbonyl (C=O) groups excluding carboxylic acids is 2. The van der Waals surface area contributed by atoms with E-state index in [1.165, 1.54) is 11.8 Å².